The van der Waals surface area contributed by atoms with Gasteiger partial charge in [-0.2, -0.15) is 0 Å². The lowest BCUT2D eigenvalue weighted by molar-refractivity contribution is 0.0631. The van der Waals surface area contributed by atoms with Crippen LogP contribution >= 0.6 is 0 Å². The Balaban J connectivity index is 1.91. The fourth-order valence-electron chi connectivity index (χ4n) is 2.36. The minimum Gasteiger partial charge on any atom is -0.369 e. The average molecular weight is 277 g/mol. The van der Waals surface area contributed by atoms with Crippen molar-refractivity contribution >= 4 is 11.7 Å². The molecule has 20 heavy (non-hydrogen) atoms. The molecule has 0 bridgehead atoms. The van der Waals surface area contributed by atoms with Crippen molar-refractivity contribution < 1.29 is 4.79 Å². The lowest BCUT2D eigenvalue weighted by Crippen LogP contribution is -2.48. The molecule has 1 aliphatic rings. The second-order valence-electron chi connectivity index (χ2n) is 4.95. The molecule has 6 nitrogen and oxygen atoms in total. The molecule has 2 rings (SSSR count). The Morgan fingerprint density at radius 1 is 1.20 bits per heavy atom. The van der Waals surface area contributed by atoms with Gasteiger partial charge in [0.1, 0.15) is 11.5 Å². The second-order valence-corrected chi connectivity index (χ2v) is 4.95. The number of rotatable bonds is 5. The van der Waals surface area contributed by atoms with Gasteiger partial charge in [0.15, 0.2) is 0 Å². The number of anilines is 1. The molecule has 0 atom stereocenters. The third kappa shape index (κ3) is 3.66. The van der Waals surface area contributed by atoms with Crippen LogP contribution in [0.1, 0.15) is 30.8 Å². The normalized spacial score (nSPS) is 16.2. The largest absolute Gasteiger partial charge is 0.369 e. The predicted molar refractivity (Wildman–Crippen MR) is 78.8 cm³/mol. The number of aromatic nitrogens is 2. The zero-order valence-corrected chi connectivity index (χ0v) is 12.3. The zero-order valence-electron chi connectivity index (χ0n) is 12.3. The smallest absolute Gasteiger partial charge is 0.274 e. The van der Waals surface area contributed by atoms with Gasteiger partial charge in [0.2, 0.25) is 0 Å². The number of piperazine rings is 1. The minimum absolute atomic E-state index is 0.0169. The highest BCUT2D eigenvalue weighted by atomic mass is 16.2. The van der Waals surface area contributed by atoms with Gasteiger partial charge in [-0.25, -0.2) is 9.97 Å². The summed E-state index contributed by atoms with van der Waals surface area (Å²) in [7, 11) is 0. The molecule has 0 aromatic carbocycles. The monoisotopic (exact) mass is 277 g/mol. The van der Waals surface area contributed by atoms with Crippen LogP contribution in [0.2, 0.25) is 0 Å². The molecule has 1 N–H and O–H groups in total. The van der Waals surface area contributed by atoms with E-state index in [0.29, 0.717) is 11.5 Å². The molecule has 0 radical (unpaired) electrons. The number of nitrogens with zero attached hydrogens (tertiary/aromatic N) is 4. The van der Waals surface area contributed by atoms with Gasteiger partial charge in [-0.3, -0.25) is 9.69 Å². The summed E-state index contributed by atoms with van der Waals surface area (Å²) in [6.07, 6.45) is 4.33. The first-order valence-corrected chi connectivity index (χ1v) is 7.32. The van der Waals surface area contributed by atoms with E-state index in [2.05, 4.69) is 27.1 Å². The molecule has 1 aromatic heterocycles. The lowest BCUT2D eigenvalue weighted by atomic mass is 10.2. The van der Waals surface area contributed by atoms with E-state index >= 15 is 0 Å². The highest BCUT2D eigenvalue weighted by molar-refractivity contribution is 5.92. The maximum absolute atomic E-state index is 12.3. The quantitative estimate of drug-likeness (QED) is 0.872. The SMILES string of the molecule is CCCN1CCN(C(=O)c2cnc(NCC)cn2)CC1. The first-order chi connectivity index (χ1) is 9.74. The van der Waals surface area contributed by atoms with E-state index in [1.165, 1.54) is 0 Å². The van der Waals surface area contributed by atoms with Crippen LogP contribution in [0, 0.1) is 0 Å². The van der Waals surface area contributed by atoms with Crippen LogP contribution in [0.3, 0.4) is 0 Å². The van der Waals surface area contributed by atoms with Crippen LogP contribution < -0.4 is 5.32 Å². The second kappa shape index (κ2) is 7.19. The van der Waals surface area contributed by atoms with Gasteiger partial charge in [0, 0.05) is 32.7 Å². The van der Waals surface area contributed by atoms with Gasteiger partial charge < -0.3 is 10.2 Å². The molecule has 1 amide bonds. The lowest BCUT2D eigenvalue weighted by Gasteiger charge is -2.34. The van der Waals surface area contributed by atoms with Crippen molar-refractivity contribution in [2.45, 2.75) is 20.3 Å². The third-order valence-corrected chi connectivity index (χ3v) is 3.43. The summed E-state index contributed by atoms with van der Waals surface area (Å²) in [6, 6.07) is 0. The Kier molecular flexibility index (Phi) is 5.29. The Bertz CT molecular complexity index is 426. The molecule has 1 aliphatic heterocycles. The van der Waals surface area contributed by atoms with Crippen molar-refractivity contribution in [3.8, 4) is 0 Å². The van der Waals surface area contributed by atoms with Crippen molar-refractivity contribution in [3.63, 3.8) is 0 Å². The summed E-state index contributed by atoms with van der Waals surface area (Å²) < 4.78 is 0. The first-order valence-electron chi connectivity index (χ1n) is 7.32. The maximum Gasteiger partial charge on any atom is 0.274 e. The third-order valence-electron chi connectivity index (χ3n) is 3.43. The van der Waals surface area contributed by atoms with Crippen molar-refractivity contribution in [2.24, 2.45) is 0 Å². The first kappa shape index (κ1) is 14.7. The molecule has 0 unspecified atom stereocenters. The fraction of sp³-hybridized carbons (Fsp3) is 0.643. The summed E-state index contributed by atoms with van der Waals surface area (Å²) >= 11 is 0. The van der Waals surface area contributed by atoms with Crippen LogP contribution in [0.25, 0.3) is 0 Å². The topological polar surface area (TPSA) is 61.4 Å². The Hall–Kier alpha value is -1.69. The summed E-state index contributed by atoms with van der Waals surface area (Å²) in [5.41, 5.74) is 0.426. The summed E-state index contributed by atoms with van der Waals surface area (Å²) in [5, 5.41) is 3.07. The highest BCUT2D eigenvalue weighted by Gasteiger charge is 2.22. The number of nitrogens with one attached hydrogen (secondary N) is 1. The molecular formula is C14H23N5O. The van der Waals surface area contributed by atoms with Crippen molar-refractivity contribution in [1.82, 2.24) is 19.8 Å². The number of hydrogen-bond acceptors (Lipinski definition) is 5. The molecule has 0 saturated carbocycles. The van der Waals surface area contributed by atoms with Gasteiger partial charge in [-0.05, 0) is 19.9 Å². The van der Waals surface area contributed by atoms with Gasteiger partial charge in [-0.15, -0.1) is 0 Å². The van der Waals surface area contributed by atoms with Gasteiger partial charge in [0.25, 0.3) is 5.91 Å². The standard InChI is InChI=1S/C14H23N5O/c1-3-5-18-6-8-19(9-7-18)14(20)12-10-17-13(11-16-12)15-4-2/h10-11H,3-9H2,1-2H3,(H,15,17). The van der Waals surface area contributed by atoms with Crippen molar-refractivity contribution in [2.75, 3.05) is 44.6 Å². The molecule has 6 heteroatoms. The van der Waals surface area contributed by atoms with E-state index in [9.17, 15) is 4.79 Å². The number of carbonyl (C=O) groups excluding carboxylic acids is 1. The van der Waals surface area contributed by atoms with Gasteiger partial charge in [0.05, 0.1) is 12.4 Å². The van der Waals surface area contributed by atoms with E-state index in [1.54, 1.807) is 12.4 Å². The molecular weight excluding hydrogens is 254 g/mol. The summed E-state index contributed by atoms with van der Waals surface area (Å²) in [6.45, 7) is 9.52. The Morgan fingerprint density at radius 3 is 2.50 bits per heavy atom. The molecule has 110 valence electrons. The van der Waals surface area contributed by atoms with Crippen LogP contribution in [0.15, 0.2) is 12.4 Å². The summed E-state index contributed by atoms with van der Waals surface area (Å²) in [5.74, 6) is 0.688. The van der Waals surface area contributed by atoms with Crippen LogP contribution in [-0.2, 0) is 0 Å². The molecule has 0 spiro atoms. The highest BCUT2D eigenvalue weighted by Crippen LogP contribution is 2.08. The maximum atomic E-state index is 12.3. The molecule has 1 aromatic rings. The van der Waals surface area contributed by atoms with E-state index < -0.39 is 0 Å². The van der Waals surface area contributed by atoms with Gasteiger partial charge >= 0.3 is 0 Å². The molecule has 0 aliphatic carbocycles. The predicted octanol–water partition coefficient (Wildman–Crippen LogP) is 1.08. The zero-order chi connectivity index (χ0) is 14.4. The average Bonchev–Trinajstić information content (AvgIpc) is 2.49. The van der Waals surface area contributed by atoms with Crippen molar-refractivity contribution in [3.05, 3.63) is 18.1 Å². The molecule has 1 fully saturated rings. The van der Waals surface area contributed by atoms with Crippen LogP contribution in [-0.4, -0.2) is 64.9 Å². The van der Waals surface area contributed by atoms with Crippen molar-refractivity contribution in [1.29, 1.82) is 0 Å². The van der Waals surface area contributed by atoms with Gasteiger partial charge in [-0.1, -0.05) is 6.92 Å². The summed E-state index contributed by atoms with van der Waals surface area (Å²) in [4.78, 5) is 25.0. The Morgan fingerprint density at radius 2 is 1.95 bits per heavy atom. The Labute approximate surface area is 120 Å². The van der Waals surface area contributed by atoms with E-state index in [0.717, 1.165) is 45.7 Å². The molecule has 1 saturated heterocycles. The minimum atomic E-state index is -0.0169. The van der Waals surface area contributed by atoms with Crippen LogP contribution in [0.5, 0.6) is 0 Å². The van der Waals surface area contributed by atoms with E-state index in [4.69, 9.17) is 0 Å². The number of hydrogen-bond donors (Lipinski definition) is 1. The number of carbonyl (C=O) groups is 1. The van der Waals surface area contributed by atoms with E-state index in [-0.39, 0.29) is 5.91 Å². The van der Waals surface area contributed by atoms with E-state index in [1.807, 2.05) is 11.8 Å². The fourth-order valence-corrected chi connectivity index (χ4v) is 2.36. The van der Waals surface area contributed by atoms with Crippen LogP contribution in [0.4, 0.5) is 5.82 Å². The number of amides is 1. The molecule has 2 heterocycles.